The fraction of sp³-hybridized carbons (Fsp3) is 0.105. The summed E-state index contributed by atoms with van der Waals surface area (Å²) in [7, 11) is 0. The van der Waals surface area contributed by atoms with Crippen molar-refractivity contribution in [3.63, 3.8) is 0 Å². The lowest BCUT2D eigenvalue weighted by molar-refractivity contribution is -0.0498. The van der Waals surface area contributed by atoms with E-state index in [1.165, 1.54) is 18.2 Å². The van der Waals surface area contributed by atoms with Crippen molar-refractivity contribution in [2.75, 3.05) is 0 Å². The maximum Gasteiger partial charge on any atom is 0.387 e. The third kappa shape index (κ3) is 3.33. The first-order valence-electron chi connectivity index (χ1n) is 8.03. The average molecular weight is 370 g/mol. The molecule has 0 atom stereocenters. The molecule has 0 aliphatic carbocycles. The Morgan fingerprint density at radius 2 is 1.81 bits per heavy atom. The first kappa shape index (κ1) is 17.0. The topological polar surface area (TPSA) is 52.8 Å². The highest BCUT2D eigenvalue weighted by Crippen LogP contribution is 2.26. The van der Waals surface area contributed by atoms with Crippen LogP contribution in [0.4, 0.5) is 13.2 Å². The van der Waals surface area contributed by atoms with Crippen LogP contribution >= 0.6 is 0 Å². The Kier molecular flexibility index (Phi) is 4.23. The number of halogens is 3. The lowest BCUT2D eigenvalue weighted by atomic mass is 10.1. The average Bonchev–Trinajstić information content (AvgIpc) is 3.05. The van der Waals surface area contributed by atoms with Crippen molar-refractivity contribution in [2.24, 2.45) is 0 Å². The Balaban J connectivity index is 1.76. The number of rotatable bonds is 4. The van der Waals surface area contributed by atoms with Crippen molar-refractivity contribution in [3.8, 4) is 22.7 Å². The van der Waals surface area contributed by atoms with E-state index in [0.717, 1.165) is 11.2 Å². The molecule has 1 aromatic carbocycles. The third-order valence-electron chi connectivity index (χ3n) is 4.10. The van der Waals surface area contributed by atoms with Crippen LogP contribution in [-0.4, -0.2) is 26.1 Å². The van der Waals surface area contributed by atoms with Gasteiger partial charge >= 0.3 is 6.61 Å². The van der Waals surface area contributed by atoms with Gasteiger partial charge in [0.05, 0.1) is 17.4 Å². The highest BCUT2D eigenvalue weighted by atomic mass is 19.3. The molecular formula is C19H13F3N4O. The van der Waals surface area contributed by atoms with Crippen LogP contribution in [0.1, 0.15) is 5.69 Å². The summed E-state index contributed by atoms with van der Waals surface area (Å²) in [6, 6.07) is 11.0. The van der Waals surface area contributed by atoms with E-state index in [1.54, 1.807) is 42.2 Å². The molecule has 0 spiro atoms. The van der Waals surface area contributed by atoms with Gasteiger partial charge in [-0.25, -0.2) is 9.97 Å². The number of ether oxygens (including phenoxy) is 1. The summed E-state index contributed by atoms with van der Waals surface area (Å²) in [6.45, 7) is -1.16. The molecule has 0 aliphatic heterocycles. The highest BCUT2D eigenvalue weighted by Gasteiger charge is 2.11. The molecule has 0 saturated carbocycles. The number of aryl methyl sites for hydroxylation is 1. The summed E-state index contributed by atoms with van der Waals surface area (Å²) in [4.78, 5) is 12.5. The Labute approximate surface area is 152 Å². The van der Waals surface area contributed by atoms with Gasteiger partial charge in [0.15, 0.2) is 0 Å². The van der Waals surface area contributed by atoms with Gasteiger partial charge in [-0.1, -0.05) is 0 Å². The van der Waals surface area contributed by atoms with Crippen LogP contribution in [0.15, 0.2) is 55.0 Å². The SMILES string of the molecule is Cc1nc(F)ccc1-c1cc2c(cn1)ncn2-c1ccc(OC(F)F)cc1. The second kappa shape index (κ2) is 6.71. The van der Waals surface area contributed by atoms with Gasteiger partial charge in [0.1, 0.15) is 17.6 Å². The zero-order valence-corrected chi connectivity index (χ0v) is 14.1. The molecule has 3 heterocycles. The monoisotopic (exact) mass is 370 g/mol. The summed E-state index contributed by atoms with van der Waals surface area (Å²) < 4.78 is 44.0. The number of pyridine rings is 2. The van der Waals surface area contributed by atoms with Crippen LogP contribution < -0.4 is 4.74 Å². The molecule has 0 bridgehead atoms. The van der Waals surface area contributed by atoms with Gasteiger partial charge in [-0.05, 0) is 49.4 Å². The summed E-state index contributed by atoms with van der Waals surface area (Å²) in [5, 5.41) is 0. The number of aromatic nitrogens is 4. The first-order valence-corrected chi connectivity index (χ1v) is 8.03. The van der Waals surface area contributed by atoms with E-state index in [9.17, 15) is 13.2 Å². The Morgan fingerprint density at radius 1 is 1.04 bits per heavy atom. The van der Waals surface area contributed by atoms with Crippen molar-refractivity contribution < 1.29 is 17.9 Å². The number of alkyl halides is 2. The Morgan fingerprint density at radius 3 is 2.52 bits per heavy atom. The van der Waals surface area contributed by atoms with E-state index in [2.05, 4.69) is 19.7 Å². The largest absolute Gasteiger partial charge is 0.435 e. The van der Waals surface area contributed by atoms with Gasteiger partial charge in [-0.2, -0.15) is 13.2 Å². The second-order valence-corrected chi connectivity index (χ2v) is 5.81. The molecule has 136 valence electrons. The quantitative estimate of drug-likeness (QED) is 0.495. The minimum Gasteiger partial charge on any atom is -0.435 e. The molecular weight excluding hydrogens is 357 g/mol. The summed E-state index contributed by atoms with van der Waals surface area (Å²) in [6.07, 6.45) is 3.24. The molecule has 8 heteroatoms. The molecule has 0 radical (unpaired) electrons. The van der Waals surface area contributed by atoms with E-state index in [1.807, 2.05) is 6.07 Å². The van der Waals surface area contributed by atoms with Gasteiger partial charge < -0.3 is 4.74 Å². The molecule has 0 saturated heterocycles. The summed E-state index contributed by atoms with van der Waals surface area (Å²) >= 11 is 0. The van der Waals surface area contributed by atoms with Crippen molar-refractivity contribution in [1.29, 1.82) is 0 Å². The number of hydrogen-bond acceptors (Lipinski definition) is 4. The fourth-order valence-electron chi connectivity index (χ4n) is 2.85. The molecule has 0 aliphatic rings. The van der Waals surface area contributed by atoms with Crippen LogP contribution in [0.5, 0.6) is 5.75 Å². The van der Waals surface area contributed by atoms with Gasteiger partial charge in [-0.15, -0.1) is 0 Å². The van der Waals surface area contributed by atoms with Crippen molar-refractivity contribution in [2.45, 2.75) is 13.5 Å². The zero-order chi connectivity index (χ0) is 19.0. The van der Waals surface area contributed by atoms with Gasteiger partial charge in [0.25, 0.3) is 0 Å². The summed E-state index contributed by atoms with van der Waals surface area (Å²) in [5.74, 6) is -0.470. The molecule has 0 amide bonds. The maximum atomic E-state index is 13.3. The van der Waals surface area contributed by atoms with Gasteiger partial charge in [-0.3, -0.25) is 9.55 Å². The fourth-order valence-corrected chi connectivity index (χ4v) is 2.85. The Hall–Kier alpha value is -3.42. The standard InChI is InChI=1S/C19H13F3N4O/c1-11-14(6-7-18(20)25-11)15-8-17-16(9-23-15)24-10-26(17)12-2-4-13(5-3-12)27-19(21)22/h2-10,19H,1H3. The van der Waals surface area contributed by atoms with E-state index in [0.29, 0.717) is 22.5 Å². The third-order valence-corrected chi connectivity index (χ3v) is 4.10. The van der Waals surface area contributed by atoms with E-state index < -0.39 is 12.6 Å². The number of imidazole rings is 1. The highest BCUT2D eigenvalue weighted by molar-refractivity contribution is 5.81. The number of benzene rings is 1. The molecule has 4 rings (SSSR count). The normalized spacial score (nSPS) is 11.3. The van der Waals surface area contributed by atoms with Crippen molar-refractivity contribution >= 4 is 11.0 Å². The van der Waals surface area contributed by atoms with Gasteiger partial charge in [0, 0.05) is 16.9 Å². The lowest BCUT2D eigenvalue weighted by Gasteiger charge is -2.08. The number of hydrogen-bond donors (Lipinski definition) is 0. The number of fused-ring (bicyclic) bond motifs is 1. The minimum absolute atomic E-state index is 0.0773. The van der Waals surface area contributed by atoms with Crippen LogP contribution in [0.2, 0.25) is 0 Å². The molecule has 4 aromatic rings. The van der Waals surface area contributed by atoms with E-state index in [4.69, 9.17) is 0 Å². The van der Waals surface area contributed by atoms with E-state index >= 15 is 0 Å². The second-order valence-electron chi connectivity index (χ2n) is 5.81. The zero-order valence-electron chi connectivity index (χ0n) is 14.1. The first-order chi connectivity index (χ1) is 13.0. The molecule has 0 unspecified atom stereocenters. The molecule has 5 nitrogen and oxygen atoms in total. The van der Waals surface area contributed by atoms with Gasteiger partial charge in [0.2, 0.25) is 5.95 Å². The molecule has 3 aromatic heterocycles. The summed E-state index contributed by atoms with van der Waals surface area (Å²) in [5.41, 5.74) is 4.04. The number of nitrogens with zero attached hydrogens (tertiary/aromatic N) is 4. The van der Waals surface area contributed by atoms with Crippen LogP contribution in [0, 0.1) is 12.9 Å². The van der Waals surface area contributed by atoms with Crippen LogP contribution in [0.3, 0.4) is 0 Å². The minimum atomic E-state index is -2.87. The predicted molar refractivity (Wildman–Crippen MR) is 93.4 cm³/mol. The molecule has 0 N–H and O–H groups in total. The van der Waals surface area contributed by atoms with Crippen molar-refractivity contribution in [3.05, 3.63) is 66.6 Å². The maximum absolute atomic E-state index is 13.3. The lowest BCUT2D eigenvalue weighted by Crippen LogP contribution is -2.02. The Bertz CT molecular complexity index is 1110. The smallest absolute Gasteiger partial charge is 0.387 e. The predicted octanol–water partition coefficient (Wildman–Crippen LogP) is 4.53. The molecule has 0 fully saturated rings. The van der Waals surface area contributed by atoms with E-state index in [-0.39, 0.29) is 5.75 Å². The van der Waals surface area contributed by atoms with Crippen LogP contribution in [-0.2, 0) is 0 Å². The van der Waals surface area contributed by atoms with Crippen LogP contribution in [0.25, 0.3) is 28.0 Å². The molecule has 27 heavy (non-hydrogen) atoms. The van der Waals surface area contributed by atoms with Crippen molar-refractivity contribution in [1.82, 2.24) is 19.5 Å².